The van der Waals surface area contributed by atoms with Gasteiger partial charge in [0.15, 0.2) is 0 Å². The van der Waals surface area contributed by atoms with E-state index in [-0.39, 0.29) is 23.3 Å². The van der Waals surface area contributed by atoms with Crippen LogP contribution in [0.4, 0.5) is 0 Å². The molecule has 5 nitrogen and oxygen atoms in total. The Balaban J connectivity index is 2.53. The maximum absolute atomic E-state index is 12.0. The molecular formula is C15H28N2O3. The first-order valence-electron chi connectivity index (χ1n) is 7.41. The number of rotatable bonds is 4. The van der Waals surface area contributed by atoms with E-state index < -0.39 is 0 Å². The minimum Gasteiger partial charge on any atom is -0.465 e. The molecule has 0 aromatic rings. The van der Waals surface area contributed by atoms with Gasteiger partial charge < -0.3 is 10.1 Å². The Hall–Kier alpha value is -1.10. The molecule has 2 atom stereocenters. The van der Waals surface area contributed by atoms with Crippen LogP contribution in [0, 0.1) is 11.3 Å². The summed E-state index contributed by atoms with van der Waals surface area (Å²) in [6.45, 7) is 12.0. The highest BCUT2D eigenvalue weighted by Gasteiger charge is 2.30. The van der Waals surface area contributed by atoms with Crippen LogP contribution in [0.5, 0.6) is 0 Å². The molecule has 1 amide bonds. The van der Waals surface area contributed by atoms with E-state index in [0.29, 0.717) is 25.6 Å². The second kappa shape index (κ2) is 7.07. The third-order valence-electron chi connectivity index (χ3n) is 3.41. The second-order valence-corrected chi connectivity index (χ2v) is 6.76. The molecule has 1 heterocycles. The van der Waals surface area contributed by atoms with E-state index in [2.05, 4.69) is 17.1 Å². The zero-order valence-electron chi connectivity index (χ0n) is 13.4. The van der Waals surface area contributed by atoms with Crippen LogP contribution < -0.4 is 5.32 Å². The number of hydrogen-bond donors (Lipinski definition) is 1. The van der Waals surface area contributed by atoms with Crippen LogP contribution in [0.3, 0.4) is 0 Å². The number of esters is 1. The molecule has 116 valence electrons. The van der Waals surface area contributed by atoms with E-state index >= 15 is 0 Å². The largest absolute Gasteiger partial charge is 0.465 e. The lowest BCUT2D eigenvalue weighted by atomic mass is 9.92. The molecule has 0 spiro atoms. The summed E-state index contributed by atoms with van der Waals surface area (Å²) in [5.41, 5.74) is -0.382. The van der Waals surface area contributed by atoms with Crippen LogP contribution in [0.25, 0.3) is 0 Å². The van der Waals surface area contributed by atoms with Crippen molar-refractivity contribution < 1.29 is 14.3 Å². The van der Waals surface area contributed by atoms with Gasteiger partial charge in [0.2, 0.25) is 5.91 Å². The number of likely N-dealkylation sites (tertiary alicyclic amines) is 1. The number of carbonyl (C=O) groups excluding carboxylic acids is 2. The average Bonchev–Trinajstić information content (AvgIpc) is 2.26. The highest BCUT2D eigenvalue weighted by Crippen LogP contribution is 2.19. The van der Waals surface area contributed by atoms with Crippen molar-refractivity contribution in [2.24, 2.45) is 11.3 Å². The summed E-state index contributed by atoms with van der Waals surface area (Å²) in [6.07, 6.45) is 0.959. The van der Waals surface area contributed by atoms with Gasteiger partial charge in [0.05, 0.1) is 13.2 Å². The van der Waals surface area contributed by atoms with Crippen molar-refractivity contribution in [1.29, 1.82) is 0 Å². The summed E-state index contributed by atoms with van der Waals surface area (Å²) in [4.78, 5) is 25.7. The Kier molecular flexibility index (Phi) is 5.99. The van der Waals surface area contributed by atoms with Crippen LogP contribution in [0.15, 0.2) is 0 Å². The van der Waals surface area contributed by atoms with Gasteiger partial charge in [-0.2, -0.15) is 0 Å². The fourth-order valence-electron chi connectivity index (χ4n) is 2.49. The monoisotopic (exact) mass is 284 g/mol. The van der Waals surface area contributed by atoms with E-state index in [1.165, 1.54) is 0 Å². The van der Waals surface area contributed by atoms with Crippen LogP contribution in [-0.2, 0) is 14.3 Å². The molecule has 20 heavy (non-hydrogen) atoms. The first-order chi connectivity index (χ1) is 9.22. The van der Waals surface area contributed by atoms with Crippen molar-refractivity contribution in [3.63, 3.8) is 0 Å². The summed E-state index contributed by atoms with van der Waals surface area (Å²) in [7, 11) is 0. The number of nitrogens with one attached hydrogen (secondary N) is 1. The Morgan fingerprint density at radius 3 is 2.50 bits per heavy atom. The Labute approximate surface area is 122 Å². The quantitative estimate of drug-likeness (QED) is 0.793. The van der Waals surface area contributed by atoms with E-state index in [1.807, 2.05) is 27.7 Å². The van der Waals surface area contributed by atoms with Gasteiger partial charge in [-0.25, -0.2) is 0 Å². The number of nitrogens with zero attached hydrogens (tertiary/aromatic N) is 1. The maximum atomic E-state index is 12.0. The molecule has 0 aromatic heterocycles. The van der Waals surface area contributed by atoms with E-state index in [4.69, 9.17) is 4.74 Å². The fraction of sp³-hybridized carbons (Fsp3) is 0.867. The summed E-state index contributed by atoms with van der Waals surface area (Å²) in [6, 6.07) is 0.111. The van der Waals surface area contributed by atoms with E-state index in [0.717, 1.165) is 13.0 Å². The van der Waals surface area contributed by atoms with Crippen LogP contribution in [-0.4, -0.2) is 49.1 Å². The van der Waals surface area contributed by atoms with Gasteiger partial charge >= 0.3 is 5.97 Å². The third-order valence-corrected chi connectivity index (χ3v) is 3.41. The predicted octanol–water partition coefficient (Wildman–Crippen LogP) is 1.42. The second-order valence-electron chi connectivity index (χ2n) is 6.76. The van der Waals surface area contributed by atoms with Crippen molar-refractivity contribution in [3.05, 3.63) is 0 Å². The topological polar surface area (TPSA) is 58.6 Å². The van der Waals surface area contributed by atoms with Crippen molar-refractivity contribution in [2.75, 3.05) is 26.2 Å². The molecule has 0 radical (unpaired) electrons. The third kappa shape index (κ3) is 5.49. The molecule has 1 fully saturated rings. The van der Waals surface area contributed by atoms with E-state index in [1.54, 1.807) is 0 Å². The summed E-state index contributed by atoms with van der Waals surface area (Å²) in [5, 5.41) is 3.09. The molecule has 0 aromatic carbocycles. The minimum absolute atomic E-state index is 0.0627. The molecule has 0 saturated carbocycles. The van der Waals surface area contributed by atoms with Gasteiger partial charge in [0, 0.05) is 24.5 Å². The van der Waals surface area contributed by atoms with Gasteiger partial charge in [0.25, 0.3) is 0 Å². The molecule has 1 saturated heterocycles. The average molecular weight is 284 g/mol. The molecule has 0 bridgehead atoms. The molecule has 1 aliphatic heterocycles. The number of hydrogen-bond acceptors (Lipinski definition) is 4. The van der Waals surface area contributed by atoms with Gasteiger partial charge in [-0.15, -0.1) is 0 Å². The molecule has 1 aliphatic rings. The molecule has 1 N–H and O–H groups in total. The smallest absolute Gasteiger partial charge is 0.320 e. The Morgan fingerprint density at radius 2 is 1.95 bits per heavy atom. The van der Waals surface area contributed by atoms with Crippen LogP contribution in [0.2, 0.25) is 0 Å². The van der Waals surface area contributed by atoms with Gasteiger partial charge in [-0.1, -0.05) is 27.7 Å². The number of amides is 1. The first-order valence-corrected chi connectivity index (χ1v) is 7.41. The molecule has 5 heteroatoms. The molecule has 0 aliphatic carbocycles. The molecular weight excluding hydrogens is 256 g/mol. The van der Waals surface area contributed by atoms with Gasteiger partial charge in [0.1, 0.15) is 0 Å². The molecule has 1 rings (SSSR count). The summed E-state index contributed by atoms with van der Waals surface area (Å²) in [5.74, 6) is 0.332. The SMILES string of the molecule is CCOC(=O)CN1CC(C)CC(NC(=O)C(C)(C)C)C1. The Bertz CT molecular complexity index is 350. The molecule has 2 unspecified atom stereocenters. The lowest BCUT2D eigenvalue weighted by Crippen LogP contribution is -2.53. The highest BCUT2D eigenvalue weighted by atomic mass is 16.5. The van der Waals surface area contributed by atoms with Crippen molar-refractivity contribution >= 4 is 11.9 Å². The Morgan fingerprint density at radius 1 is 1.30 bits per heavy atom. The lowest BCUT2D eigenvalue weighted by molar-refractivity contribution is -0.145. The van der Waals surface area contributed by atoms with Crippen molar-refractivity contribution in [1.82, 2.24) is 10.2 Å². The van der Waals surface area contributed by atoms with Crippen molar-refractivity contribution in [2.45, 2.75) is 47.1 Å². The van der Waals surface area contributed by atoms with Crippen LogP contribution in [0.1, 0.15) is 41.0 Å². The fourth-order valence-corrected chi connectivity index (χ4v) is 2.49. The van der Waals surface area contributed by atoms with Crippen molar-refractivity contribution in [3.8, 4) is 0 Å². The zero-order valence-corrected chi connectivity index (χ0v) is 13.4. The van der Waals surface area contributed by atoms with Gasteiger partial charge in [-0.3, -0.25) is 14.5 Å². The normalized spacial score (nSPS) is 24.2. The number of carbonyl (C=O) groups is 2. The van der Waals surface area contributed by atoms with E-state index in [9.17, 15) is 9.59 Å². The zero-order chi connectivity index (χ0) is 15.3. The summed E-state index contributed by atoms with van der Waals surface area (Å²) < 4.78 is 4.98. The summed E-state index contributed by atoms with van der Waals surface area (Å²) >= 11 is 0. The number of piperidine rings is 1. The predicted molar refractivity (Wildman–Crippen MR) is 78.2 cm³/mol. The minimum atomic E-state index is -0.382. The standard InChI is InChI=1S/C15H28N2O3/c1-6-20-13(18)10-17-8-11(2)7-12(9-17)16-14(19)15(3,4)5/h11-12H,6-10H2,1-5H3,(H,16,19). The van der Waals surface area contributed by atoms with Gasteiger partial charge in [-0.05, 0) is 19.3 Å². The first kappa shape index (κ1) is 17.0. The lowest BCUT2D eigenvalue weighted by Gasteiger charge is -2.37. The highest BCUT2D eigenvalue weighted by molar-refractivity contribution is 5.81. The maximum Gasteiger partial charge on any atom is 0.320 e. The van der Waals surface area contributed by atoms with Crippen LogP contribution >= 0.6 is 0 Å². The number of ether oxygens (including phenoxy) is 1.